The number of rotatable bonds is 6. The van der Waals surface area contributed by atoms with Gasteiger partial charge in [0.25, 0.3) is 5.91 Å². The minimum absolute atomic E-state index is 0.0482. The standard InChI is InChI=1S/C27H41N3O4/c1-25-10-11-27(33,16-34-3)12-18(25)4-5-19-20-6-7-22(26(20,2)9-8-21(19)25)23(31)15-30-14-17(13-29-30)24(28)32/h13-14,18-22,33H,4-12,15-16H2,1-3H3,(H2,28,32)/t18-,19-,20-,21-,22+,25-,26-,27+/m0/s1. The Balaban J connectivity index is 1.30. The number of ketones is 1. The monoisotopic (exact) mass is 471 g/mol. The first-order valence-electron chi connectivity index (χ1n) is 13.2. The van der Waals surface area contributed by atoms with Crippen LogP contribution < -0.4 is 5.73 Å². The van der Waals surface area contributed by atoms with Gasteiger partial charge < -0.3 is 15.6 Å². The van der Waals surface area contributed by atoms with Crippen molar-refractivity contribution in [3.63, 3.8) is 0 Å². The molecule has 3 N–H and O–H groups in total. The fraction of sp³-hybridized carbons (Fsp3) is 0.815. The third-order valence-corrected chi connectivity index (χ3v) is 10.9. The van der Waals surface area contributed by atoms with Crippen LogP contribution in [0.5, 0.6) is 0 Å². The molecule has 0 unspecified atom stereocenters. The molecule has 0 bridgehead atoms. The molecule has 0 spiro atoms. The Bertz CT molecular complexity index is 961. The van der Waals surface area contributed by atoms with E-state index >= 15 is 0 Å². The summed E-state index contributed by atoms with van der Waals surface area (Å²) in [6.45, 7) is 5.52. The van der Waals surface area contributed by atoms with Crippen molar-refractivity contribution in [2.45, 2.75) is 83.8 Å². The summed E-state index contributed by atoms with van der Waals surface area (Å²) in [4.78, 5) is 24.8. The molecule has 0 radical (unpaired) electrons. The Morgan fingerprint density at radius 2 is 1.88 bits per heavy atom. The predicted molar refractivity (Wildman–Crippen MR) is 128 cm³/mol. The van der Waals surface area contributed by atoms with E-state index in [9.17, 15) is 14.7 Å². The Kier molecular flexibility index (Phi) is 5.95. The summed E-state index contributed by atoms with van der Waals surface area (Å²) >= 11 is 0. The highest BCUT2D eigenvalue weighted by Gasteiger charge is 2.62. The molecule has 34 heavy (non-hydrogen) atoms. The molecule has 1 heterocycles. The smallest absolute Gasteiger partial charge is 0.251 e. The van der Waals surface area contributed by atoms with Crippen molar-refractivity contribution in [3.8, 4) is 0 Å². The number of nitrogens with two attached hydrogens (primary N) is 1. The minimum atomic E-state index is -0.666. The van der Waals surface area contributed by atoms with Crippen LogP contribution in [0.4, 0.5) is 0 Å². The van der Waals surface area contributed by atoms with Gasteiger partial charge in [0.05, 0.1) is 30.5 Å². The van der Waals surface area contributed by atoms with Gasteiger partial charge in [0, 0.05) is 19.2 Å². The molecule has 0 aromatic carbocycles. The normalized spacial score (nSPS) is 43.6. The van der Waals surface area contributed by atoms with Gasteiger partial charge in [-0.2, -0.15) is 5.10 Å². The molecule has 4 fully saturated rings. The number of carbonyl (C=O) groups excluding carboxylic acids is 2. The highest BCUT2D eigenvalue weighted by Crippen LogP contribution is 2.68. The highest BCUT2D eigenvalue weighted by molar-refractivity contribution is 5.92. The number of fused-ring (bicyclic) bond motifs is 5. The van der Waals surface area contributed by atoms with Crippen molar-refractivity contribution in [1.82, 2.24) is 9.78 Å². The highest BCUT2D eigenvalue weighted by atomic mass is 16.5. The fourth-order valence-corrected chi connectivity index (χ4v) is 9.10. The predicted octanol–water partition coefficient (Wildman–Crippen LogP) is 3.59. The second-order valence-electron chi connectivity index (χ2n) is 12.4. The summed E-state index contributed by atoms with van der Waals surface area (Å²) in [7, 11) is 1.69. The maximum atomic E-state index is 13.4. The van der Waals surface area contributed by atoms with Crippen LogP contribution in [0.1, 0.15) is 82.0 Å². The van der Waals surface area contributed by atoms with Crippen LogP contribution >= 0.6 is 0 Å². The lowest BCUT2D eigenvalue weighted by molar-refractivity contribution is -0.164. The van der Waals surface area contributed by atoms with Crippen molar-refractivity contribution in [1.29, 1.82) is 0 Å². The molecule has 7 nitrogen and oxygen atoms in total. The van der Waals surface area contributed by atoms with Gasteiger partial charge in [0.15, 0.2) is 5.78 Å². The van der Waals surface area contributed by atoms with Gasteiger partial charge in [-0.1, -0.05) is 13.8 Å². The second kappa shape index (κ2) is 8.44. The molecule has 0 aliphatic heterocycles. The summed E-state index contributed by atoms with van der Waals surface area (Å²) in [6.07, 6.45) is 12.6. The first-order valence-corrected chi connectivity index (χ1v) is 13.2. The van der Waals surface area contributed by atoms with Crippen LogP contribution in [0.25, 0.3) is 0 Å². The van der Waals surface area contributed by atoms with Crippen LogP contribution in [0.3, 0.4) is 0 Å². The molecular weight excluding hydrogens is 430 g/mol. The maximum Gasteiger partial charge on any atom is 0.251 e. The third-order valence-electron chi connectivity index (χ3n) is 10.9. The number of Topliss-reactive ketones (excluding diaryl/α,β-unsaturated/α-hetero) is 1. The lowest BCUT2D eigenvalue weighted by atomic mass is 9.44. The van der Waals surface area contributed by atoms with Gasteiger partial charge >= 0.3 is 0 Å². The summed E-state index contributed by atoms with van der Waals surface area (Å²) in [6, 6.07) is 0. The van der Waals surface area contributed by atoms with Crippen LogP contribution in [0.15, 0.2) is 12.4 Å². The molecule has 7 heteroatoms. The second-order valence-corrected chi connectivity index (χ2v) is 12.4. The summed E-state index contributed by atoms with van der Waals surface area (Å²) in [5.74, 6) is 2.30. The largest absolute Gasteiger partial charge is 0.387 e. The number of hydrogen-bond donors (Lipinski definition) is 2. The quantitative estimate of drug-likeness (QED) is 0.659. The molecule has 4 saturated carbocycles. The van der Waals surface area contributed by atoms with E-state index in [4.69, 9.17) is 10.5 Å². The summed E-state index contributed by atoms with van der Waals surface area (Å²) in [5.41, 5.74) is 5.35. The lowest BCUT2D eigenvalue weighted by Gasteiger charge is -2.62. The maximum absolute atomic E-state index is 13.4. The molecular formula is C27H41N3O4. The summed E-state index contributed by atoms with van der Waals surface area (Å²) in [5, 5.41) is 15.3. The molecule has 4 aliphatic rings. The van der Waals surface area contributed by atoms with E-state index in [1.807, 2.05) is 0 Å². The van der Waals surface area contributed by atoms with Crippen LogP contribution in [0.2, 0.25) is 0 Å². The van der Waals surface area contributed by atoms with E-state index < -0.39 is 11.5 Å². The van der Waals surface area contributed by atoms with Crippen molar-refractivity contribution in [3.05, 3.63) is 18.0 Å². The van der Waals surface area contributed by atoms with Crippen LogP contribution in [0, 0.1) is 40.4 Å². The molecule has 1 aromatic rings. The molecule has 188 valence electrons. The minimum Gasteiger partial charge on any atom is -0.387 e. The van der Waals surface area contributed by atoms with Gasteiger partial charge in [-0.05, 0) is 92.3 Å². The average molecular weight is 472 g/mol. The number of primary amides is 1. The van der Waals surface area contributed by atoms with E-state index in [0.717, 1.165) is 38.5 Å². The van der Waals surface area contributed by atoms with Crippen LogP contribution in [-0.4, -0.2) is 45.9 Å². The van der Waals surface area contributed by atoms with E-state index in [0.29, 0.717) is 35.8 Å². The molecule has 5 rings (SSSR count). The van der Waals surface area contributed by atoms with Crippen molar-refractivity contribution in [2.24, 2.45) is 46.2 Å². The Labute approximate surface area is 202 Å². The first-order chi connectivity index (χ1) is 16.1. The van der Waals surface area contributed by atoms with E-state index in [1.54, 1.807) is 18.0 Å². The summed E-state index contributed by atoms with van der Waals surface area (Å²) < 4.78 is 6.92. The molecule has 1 aromatic heterocycles. The van der Waals surface area contributed by atoms with Gasteiger partial charge in [0.1, 0.15) is 0 Å². The van der Waals surface area contributed by atoms with Crippen molar-refractivity contribution in [2.75, 3.05) is 13.7 Å². The number of carbonyl (C=O) groups is 2. The number of hydrogen-bond acceptors (Lipinski definition) is 5. The topological polar surface area (TPSA) is 107 Å². The Morgan fingerprint density at radius 1 is 1.12 bits per heavy atom. The van der Waals surface area contributed by atoms with Gasteiger partial charge in [0.2, 0.25) is 0 Å². The average Bonchev–Trinajstić information content (AvgIpc) is 3.38. The van der Waals surface area contributed by atoms with Crippen molar-refractivity contribution < 1.29 is 19.4 Å². The van der Waals surface area contributed by atoms with E-state index in [-0.39, 0.29) is 29.1 Å². The number of methoxy groups -OCH3 is 1. The zero-order valence-electron chi connectivity index (χ0n) is 21.0. The van der Waals surface area contributed by atoms with Crippen LogP contribution in [-0.2, 0) is 16.1 Å². The van der Waals surface area contributed by atoms with Crippen molar-refractivity contribution >= 4 is 11.7 Å². The van der Waals surface area contributed by atoms with E-state index in [2.05, 4.69) is 18.9 Å². The zero-order valence-corrected chi connectivity index (χ0v) is 21.0. The van der Waals surface area contributed by atoms with Gasteiger partial charge in [-0.3, -0.25) is 14.3 Å². The Hall–Kier alpha value is -1.73. The molecule has 8 atom stereocenters. The van der Waals surface area contributed by atoms with E-state index in [1.165, 1.54) is 25.5 Å². The molecule has 0 saturated heterocycles. The molecule has 4 aliphatic carbocycles. The SMILES string of the molecule is COC[C@@]1(O)CC[C@@]2(C)[C@@H](CC[C@@H]3[C@@H]2CC[C@]2(C)[C@@H](C(=O)Cn4cc(C(N)=O)cn4)CC[C@@H]32)C1. The number of amides is 1. The zero-order chi connectivity index (χ0) is 24.3. The Morgan fingerprint density at radius 3 is 2.59 bits per heavy atom. The van der Waals surface area contributed by atoms with Gasteiger partial charge in [-0.25, -0.2) is 0 Å². The number of aromatic nitrogens is 2. The number of aliphatic hydroxyl groups is 1. The number of ether oxygens (including phenoxy) is 1. The third kappa shape index (κ3) is 3.74. The lowest BCUT2D eigenvalue weighted by Crippen LogP contribution is -2.56. The molecule has 1 amide bonds. The number of nitrogens with zero attached hydrogens (tertiary/aromatic N) is 2. The first kappa shape index (κ1) is 24.0. The van der Waals surface area contributed by atoms with Gasteiger partial charge in [-0.15, -0.1) is 0 Å². The fourth-order valence-electron chi connectivity index (χ4n) is 9.10.